The summed E-state index contributed by atoms with van der Waals surface area (Å²) in [6, 6.07) is 6.00. The van der Waals surface area contributed by atoms with Crippen LogP contribution >= 0.6 is 0 Å². The lowest BCUT2D eigenvalue weighted by molar-refractivity contribution is -0.384. The van der Waals surface area contributed by atoms with Crippen LogP contribution in [-0.4, -0.2) is 23.8 Å². The summed E-state index contributed by atoms with van der Waals surface area (Å²) in [4.78, 5) is 21.2. The van der Waals surface area contributed by atoms with E-state index in [-0.39, 0.29) is 17.5 Å². The molecule has 0 aromatic heterocycles. The third-order valence-corrected chi connectivity index (χ3v) is 2.43. The molecule has 5 heteroatoms. The van der Waals surface area contributed by atoms with Gasteiger partial charge in [0.2, 0.25) is 0 Å². The number of nitrogens with zero attached hydrogens (tertiary/aromatic N) is 1. The molecule has 0 radical (unpaired) electrons. The molecule has 0 aliphatic rings. The number of nitro benzene ring substituents is 1. The molecule has 1 N–H and O–H groups in total. The largest absolute Gasteiger partial charge is 0.310 e. The van der Waals surface area contributed by atoms with Gasteiger partial charge in [-0.25, -0.2) is 0 Å². The van der Waals surface area contributed by atoms with Gasteiger partial charge in [0.05, 0.1) is 11.0 Å². The number of likely N-dealkylation sites (N-methyl/N-ethyl adjacent to an activating group) is 1. The van der Waals surface area contributed by atoms with Crippen LogP contribution in [0.2, 0.25) is 0 Å². The summed E-state index contributed by atoms with van der Waals surface area (Å²) in [7, 11) is 1.72. The highest BCUT2D eigenvalue weighted by Gasteiger charge is 2.12. The number of carbonyl (C=O) groups excluding carboxylic acids is 1. The van der Waals surface area contributed by atoms with Gasteiger partial charge in [0.15, 0.2) is 0 Å². The van der Waals surface area contributed by atoms with Crippen molar-refractivity contribution >= 4 is 11.5 Å². The van der Waals surface area contributed by atoms with Crippen molar-refractivity contribution in [2.24, 2.45) is 0 Å². The van der Waals surface area contributed by atoms with Crippen LogP contribution in [0.4, 0.5) is 5.69 Å². The Bertz CT molecular complexity index is 387. The van der Waals surface area contributed by atoms with Crippen molar-refractivity contribution in [1.82, 2.24) is 5.32 Å². The fraction of sp³-hybridized carbons (Fsp3) is 0.364. The van der Waals surface area contributed by atoms with Gasteiger partial charge in [0.1, 0.15) is 5.78 Å². The van der Waals surface area contributed by atoms with Crippen molar-refractivity contribution in [3.63, 3.8) is 0 Å². The zero-order valence-electron chi connectivity index (χ0n) is 9.27. The Morgan fingerprint density at radius 3 is 2.38 bits per heavy atom. The van der Waals surface area contributed by atoms with Gasteiger partial charge in [-0.3, -0.25) is 14.9 Å². The van der Waals surface area contributed by atoms with Crippen molar-refractivity contribution in [3.05, 3.63) is 39.9 Å². The van der Waals surface area contributed by atoms with E-state index in [9.17, 15) is 14.9 Å². The molecule has 0 aliphatic carbocycles. The van der Waals surface area contributed by atoms with E-state index in [0.29, 0.717) is 6.42 Å². The Hall–Kier alpha value is -1.75. The maximum atomic E-state index is 11.2. The molecule has 1 unspecified atom stereocenters. The molecule has 0 heterocycles. The van der Waals surface area contributed by atoms with Crippen molar-refractivity contribution in [2.75, 3.05) is 7.05 Å². The van der Waals surface area contributed by atoms with E-state index in [1.807, 2.05) is 0 Å². The second-order valence-electron chi connectivity index (χ2n) is 3.58. The molecule has 0 bridgehead atoms. The maximum Gasteiger partial charge on any atom is 0.269 e. The number of non-ortho nitro benzene ring substituents is 1. The van der Waals surface area contributed by atoms with Crippen molar-refractivity contribution < 1.29 is 9.72 Å². The minimum Gasteiger partial charge on any atom is -0.310 e. The average Bonchev–Trinajstić information content (AvgIpc) is 2.26. The van der Waals surface area contributed by atoms with Gasteiger partial charge in [0.25, 0.3) is 5.69 Å². The second kappa shape index (κ2) is 5.37. The third kappa shape index (κ3) is 3.13. The number of rotatable bonds is 5. The first-order valence-corrected chi connectivity index (χ1v) is 4.95. The Morgan fingerprint density at radius 2 is 2.00 bits per heavy atom. The number of hydrogen-bond donors (Lipinski definition) is 1. The zero-order chi connectivity index (χ0) is 12.1. The molecule has 1 aromatic rings. The molecule has 0 spiro atoms. The lowest BCUT2D eigenvalue weighted by Gasteiger charge is -2.12. The minimum atomic E-state index is -0.440. The van der Waals surface area contributed by atoms with Gasteiger partial charge in [0, 0.05) is 12.1 Å². The fourth-order valence-electron chi connectivity index (χ4n) is 1.44. The Balaban J connectivity index is 2.75. The van der Waals surface area contributed by atoms with E-state index in [2.05, 4.69) is 5.32 Å². The Labute approximate surface area is 93.6 Å². The van der Waals surface area contributed by atoms with E-state index >= 15 is 0 Å². The van der Waals surface area contributed by atoms with Crippen molar-refractivity contribution in [3.8, 4) is 0 Å². The number of carbonyl (C=O) groups is 1. The Kier molecular flexibility index (Phi) is 4.13. The smallest absolute Gasteiger partial charge is 0.269 e. The molecular weight excluding hydrogens is 208 g/mol. The number of hydrogen-bond acceptors (Lipinski definition) is 4. The van der Waals surface area contributed by atoms with Gasteiger partial charge in [-0.15, -0.1) is 0 Å². The van der Waals surface area contributed by atoms with Gasteiger partial charge in [-0.05, 0) is 26.0 Å². The van der Waals surface area contributed by atoms with Crippen LogP contribution in [0, 0.1) is 10.1 Å². The Morgan fingerprint density at radius 1 is 1.44 bits per heavy atom. The molecule has 1 atom stereocenters. The predicted molar refractivity (Wildman–Crippen MR) is 60.3 cm³/mol. The first-order chi connectivity index (χ1) is 7.54. The SMILES string of the molecule is CNC(Cc1ccc([N+](=O)[O-])cc1)C(C)=O. The molecule has 0 saturated heterocycles. The van der Waals surface area contributed by atoms with Gasteiger partial charge >= 0.3 is 0 Å². The lowest BCUT2D eigenvalue weighted by atomic mass is 10.0. The number of nitro groups is 1. The van der Waals surface area contributed by atoms with Crippen LogP contribution in [0.3, 0.4) is 0 Å². The molecule has 1 aromatic carbocycles. The zero-order valence-corrected chi connectivity index (χ0v) is 9.27. The first kappa shape index (κ1) is 12.3. The average molecular weight is 222 g/mol. The molecule has 0 fully saturated rings. The van der Waals surface area contributed by atoms with Crippen LogP contribution in [-0.2, 0) is 11.2 Å². The third-order valence-electron chi connectivity index (χ3n) is 2.43. The van der Waals surface area contributed by atoms with E-state index in [1.165, 1.54) is 19.1 Å². The molecule has 0 amide bonds. The molecule has 16 heavy (non-hydrogen) atoms. The van der Waals surface area contributed by atoms with Gasteiger partial charge in [-0.1, -0.05) is 12.1 Å². The highest BCUT2D eigenvalue weighted by molar-refractivity contribution is 5.81. The van der Waals surface area contributed by atoms with Crippen LogP contribution in [0.1, 0.15) is 12.5 Å². The molecular formula is C11H14N2O3. The van der Waals surface area contributed by atoms with Gasteiger partial charge in [-0.2, -0.15) is 0 Å². The van der Waals surface area contributed by atoms with E-state index in [4.69, 9.17) is 0 Å². The maximum absolute atomic E-state index is 11.2. The number of Topliss-reactive ketones (excluding diaryl/α,β-unsaturated/α-hetero) is 1. The first-order valence-electron chi connectivity index (χ1n) is 4.95. The van der Waals surface area contributed by atoms with E-state index in [1.54, 1.807) is 19.2 Å². The summed E-state index contributed by atoms with van der Waals surface area (Å²) in [5.74, 6) is 0.0563. The number of ketones is 1. The summed E-state index contributed by atoms with van der Waals surface area (Å²) in [5, 5.41) is 13.3. The van der Waals surface area contributed by atoms with E-state index < -0.39 is 4.92 Å². The second-order valence-corrected chi connectivity index (χ2v) is 3.58. The topological polar surface area (TPSA) is 72.2 Å². The lowest BCUT2D eigenvalue weighted by Crippen LogP contribution is -2.34. The molecule has 5 nitrogen and oxygen atoms in total. The molecule has 0 saturated carbocycles. The van der Waals surface area contributed by atoms with Crippen molar-refractivity contribution in [1.29, 1.82) is 0 Å². The van der Waals surface area contributed by atoms with Crippen LogP contribution in [0.15, 0.2) is 24.3 Å². The molecule has 86 valence electrons. The van der Waals surface area contributed by atoms with Crippen LogP contribution < -0.4 is 5.32 Å². The summed E-state index contributed by atoms with van der Waals surface area (Å²) >= 11 is 0. The highest BCUT2D eigenvalue weighted by atomic mass is 16.6. The number of benzene rings is 1. The minimum absolute atomic E-state index is 0.0563. The van der Waals surface area contributed by atoms with Crippen LogP contribution in [0.25, 0.3) is 0 Å². The summed E-state index contributed by atoms with van der Waals surface area (Å²) < 4.78 is 0. The summed E-state index contributed by atoms with van der Waals surface area (Å²) in [5.41, 5.74) is 0.965. The summed E-state index contributed by atoms with van der Waals surface area (Å²) in [6.45, 7) is 1.52. The summed E-state index contributed by atoms with van der Waals surface area (Å²) in [6.07, 6.45) is 0.545. The highest BCUT2D eigenvalue weighted by Crippen LogP contribution is 2.13. The normalized spacial score (nSPS) is 12.1. The van der Waals surface area contributed by atoms with E-state index in [0.717, 1.165) is 5.56 Å². The molecule has 1 rings (SSSR count). The standard InChI is InChI=1S/C11H14N2O3/c1-8(14)11(12-2)7-9-3-5-10(6-4-9)13(15)16/h3-6,11-12H,7H2,1-2H3. The predicted octanol–water partition coefficient (Wildman–Crippen LogP) is 1.31. The van der Waals surface area contributed by atoms with Crippen LogP contribution in [0.5, 0.6) is 0 Å². The molecule has 0 aliphatic heterocycles. The monoisotopic (exact) mass is 222 g/mol. The fourth-order valence-corrected chi connectivity index (χ4v) is 1.44. The quantitative estimate of drug-likeness (QED) is 0.602. The number of nitrogens with one attached hydrogen (secondary N) is 1. The van der Waals surface area contributed by atoms with Gasteiger partial charge < -0.3 is 5.32 Å². The van der Waals surface area contributed by atoms with Crippen molar-refractivity contribution in [2.45, 2.75) is 19.4 Å².